The molecular weight excluding hydrogens is 462 g/mol. The summed E-state index contributed by atoms with van der Waals surface area (Å²) in [6.07, 6.45) is 2.81. The highest BCUT2D eigenvalue weighted by Gasteiger charge is 2.22. The molecule has 0 aliphatic carbocycles. The normalized spacial score (nSPS) is 12.7. The van der Waals surface area contributed by atoms with Crippen molar-refractivity contribution in [2.24, 2.45) is 0 Å². The number of hydrogen-bond acceptors (Lipinski definition) is 6. The van der Waals surface area contributed by atoms with Crippen LogP contribution < -0.4 is 15.4 Å². The zero-order valence-electron chi connectivity index (χ0n) is 21.3. The molecule has 194 valence electrons. The Kier molecular flexibility index (Phi) is 13.4. The highest BCUT2D eigenvalue weighted by atomic mass is 32.1. The average molecular weight is 504 g/mol. The van der Waals surface area contributed by atoms with E-state index in [0.717, 1.165) is 42.1 Å². The molecule has 8 heteroatoms. The maximum Gasteiger partial charge on any atom is 0.222 e. The Labute approximate surface area is 213 Å². The summed E-state index contributed by atoms with van der Waals surface area (Å²) in [5.41, 5.74) is 1.06. The number of rotatable bonds is 17. The summed E-state index contributed by atoms with van der Waals surface area (Å²) < 4.78 is 5.26. The molecule has 1 heterocycles. The fraction of sp³-hybridized carbons (Fsp3) is 0.556. The quantitative estimate of drug-likeness (QED) is 0.306. The lowest BCUT2D eigenvalue weighted by atomic mass is 10.1. The number of benzene rings is 1. The highest BCUT2D eigenvalue weighted by molar-refractivity contribution is 7.09. The summed E-state index contributed by atoms with van der Waals surface area (Å²) in [5, 5.41) is 19.2. The first kappa shape index (κ1) is 28.8. The van der Waals surface area contributed by atoms with E-state index >= 15 is 0 Å². The molecule has 1 aromatic heterocycles. The highest BCUT2D eigenvalue weighted by Crippen LogP contribution is 2.15. The number of ether oxygens (including phenoxy) is 1. The molecule has 1 aromatic carbocycles. The number of amides is 2. The van der Waals surface area contributed by atoms with E-state index < -0.39 is 12.1 Å². The third kappa shape index (κ3) is 10.8. The molecular formula is C27H41N3O4S. The van der Waals surface area contributed by atoms with E-state index in [9.17, 15) is 14.7 Å². The van der Waals surface area contributed by atoms with Crippen molar-refractivity contribution < 1.29 is 19.4 Å². The summed E-state index contributed by atoms with van der Waals surface area (Å²) >= 11 is 1.61. The number of carbonyl (C=O) groups excluding carboxylic acids is 2. The minimum Gasteiger partial charge on any atom is -0.497 e. The van der Waals surface area contributed by atoms with Crippen molar-refractivity contribution in [3.05, 3.63) is 52.2 Å². The van der Waals surface area contributed by atoms with Crippen LogP contribution >= 0.6 is 11.3 Å². The maximum atomic E-state index is 12.7. The number of aliphatic hydroxyl groups is 1. The smallest absolute Gasteiger partial charge is 0.222 e. The van der Waals surface area contributed by atoms with Crippen LogP contribution in [0.1, 0.15) is 56.4 Å². The zero-order chi connectivity index (χ0) is 25.5. The largest absolute Gasteiger partial charge is 0.497 e. The lowest BCUT2D eigenvalue weighted by molar-refractivity contribution is -0.131. The second-order valence-corrected chi connectivity index (χ2v) is 9.77. The third-order valence-corrected chi connectivity index (χ3v) is 6.66. The van der Waals surface area contributed by atoms with Crippen LogP contribution in [0.3, 0.4) is 0 Å². The molecule has 0 radical (unpaired) electrons. The first-order chi connectivity index (χ1) is 17.0. The summed E-state index contributed by atoms with van der Waals surface area (Å²) in [4.78, 5) is 28.1. The predicted octanol–water partition coefficient (Wildman–Crippen LogP) is 3.75. The molecule has 0 saturated carbocycles. The van der Waals surface area contributed by atoms with Crippen LogP contribution in [0, 0.1) is 0 Å². The Morgan fingerprint density at radius 2 is 1.89 bits per heavy atom. The first-order valence-electron chi connectivity index (χ1n) is 12.6. The van der Waals surface area contributed by atoms with Gasteiger partial charge in [0.1, 0.15) is 5.75 Å². The number of nitrogens with zero attached hydrogens (tertiary/aromatic N) is 1. The lowest BCUT2D eigenvalue weighted by Gasteiger charge is -2.25. The van der Waals surface area contributed by atoms with Gasteiger partial charge in [-0.3, -0.25) is 9.59 Å². The van der Waals surface area contributed by atoms with E-state index in [-0.39, 0.29) is 18.2 Å². The van der Waals surface area contributed by atoms with Crippen molar-refractivity contribution in [2.45, 2.75) is 71.1 Å². The Bertz CT molecular complexity index is 869. The molecule has 35 heavy (non-hydrogen) atoms. The number of thiophene rings is 1. The van der Waals surface area contributed by atoms with Gasteiger partial charge in [0.15, 0.2) is 0 Å². The number of hydrogen-bond donors (Lipinski definition) is 3. The first-order valence-corrected chi connectivity index (χ1v) is 13.5. The van der Waals surface area contributed by atoms with Gasteiger partial charge in [0.05, 0.1) is 19.3 Å². The van der Waals surface area contributed by atoms with E-state index in [1.165, 1.54) is 0 Å². The summed E-state index contributed by atoms with van der Waals surface area (Å²) in [6, 6.07) is 11.3. The minimum atomic E-state index is -0.752. The Balaban J connectivity index is 1.85. The molecule has 2 rings (SSSR count). The van der Waals surface area contributed by atoms with E-state index in [2.05, 4.69) is 24.5 Å². The monoisotopic (exact) mass is 503 g/mol. The molecule has 0 saturated heterocycles. The SMILES string of the molecule is CCCN(CCC)C(=O)CCCC(=O)N[C@@H](Cc1cccs1)[C@H](O)CNCc1cccc(OC)c1. The van der Waals surface area contributed by atoms with Crippen LogP contribution in [0.15, 0.2) is 41.8 Å². The number of nitrogens with one attached hydrogen (secondary N) is 2. The molecule has 7 nitrogen and oxygen atoms in total. The molecule has 0 fully saturated rings. The Morgan fingerprint density at radius 3 is 2.54 bits per heavy atom. The summed E-state index contributed by atoms with van der Waals surface area (Å²) in [7, 11) is 1.64. The average Bonchev–Trinajstić information content (AvgIpc) is 3.36. The van der Waals surface area contributed by atoms with Gasteiger partial charge in [0.2, 0.25) is 11.8 Å². The van der Waals surface area contributed by atoms with Gasteiger partial charge in [-0.05, 0) is 48.4 Å². The molecule has 2 aromatic rings. The molecule has 2 amide bonds. The van der Waals surface area contributed by atoms with Gasteiger partial charge in [0, 0.05) is 50.3 Å². The van der Waals surface area contributed by atoms with Crippen molar-refractivity contribution in [1.82, 2.24) is 15.5 Å². The fourth-order valence-electron chi connectivity index (χ4n) is 3.96. The van der Waals surface area contributed by atoms with Crippen LogP contribution in [-0.2, 0) is 22.6 Å². The van der Waals surface area contributed by atoms with Gasteiger partial charge < -0.3 is 25.4 Å². The van der Waals surface area contributed by atoms with Crippen LogP contribution in [0.5, 0.6) is 5.75 Å². The second-order valence-electron chi connectivity index (χ2n) is 8.74. The van der Waals surface area contributed by atoms with Gasteiger partial charge in [0.25, 0.3) is 0 Å². The number of aliphatic hydroxyl groups excluding tert-OH is 1. The van der Waals surface area contributed by atoms with Crippen LogP contribution in [0.4, 0.5) is 0 Å². The van der Waals surface area contributed by atoms with Crippen LogP contribution in [-0.4, -0.2) is 60.7 Å². The standard InChI is InChI=1S/C27H41N3O4S/c1-4-14-30(15-5-2)27(33)13-7-12-26(32)29-24(18-23-11-8-16-35-23)25(31)20-28-19-21-9-6-10-22(17-21)34-3/h6,8-11,16-17,24-25,28,31H,4-5,7,12-15,18-20H2,1-3H3,(H,29,32)/t24-,25+/m0/s1. The zero-order valence-corrected chi connectivity index (χ0v) is 22.1. The summed E-state index contributed by atoms with van der Waals surface area (Å²) in [6.45, 7) is 6.58. The summed E-state index contributed by atoms with van der Waals surface area (Å²) in [5.74, 6) is 0.765. The topological polar surface area (TPSA) is 90.9 Å². The van der Waals surface area contributed by atoms with Gasteiger partial charge in [-0.2, -0.15) is 0 Å². The molecule has 0 bridgehead atoms. The molecule has 2 atom stereocenters. The van der Waals surface area contributed by atoms with E-state index in [1.54, 1.807) is 18.4 Å². The Hall–Kier alpha value is -2.42. The van der Waals surface area contributed by atoms with Gasteiger partial charge in [-0.1, -0.05) is 32.0 Å². The van der Waals surface area contributed by atoms with Crippen molar-refractivity contribution in [1.29, 1.82) is 0 Å². The van der Waals surface area contributed by atoms with Crippen molar-refractivity contribution in [2.75, 3.05) is 26.7 Å². The van der Waals surface area contributed by atoms with E-state index in [4.69, 9.17) is 4.74 Å². The number of carbonyl (C=O) groups is 2. The second kappa shape index (κ2) is 16.3. The molecule has 3 N–H and O–H groups in total. The van der Waals surface area contributed by atoms with Gasteiger partial charge in [-0.15, -0.1) is 11.3 Å². The predicted molar refractivity (Wildman–Crippen MR) is 142 cm³/mol. The molecule has 0 aliphatic heterocycles. The minimum absolute atomic E-state index is 0.110. The van der Waals surface area contributed by atoms with Gasteiger partial charge >= 0.3 is 0 Å². The molecule has 0 aliphatic rings. The Morgan fingerprint density at radius 1 is 1.11 bits per heavy atom. The molecule has 0 spiro atoms. The fourth-order valence-corrected chi connectivity index (χ4v) is 4.72. The van der Waals surface area contributed by atoms with Crippen molar-refractivity contribution >= 4 is 23.2 Å². The van der Waals surface area contributed by atoms with Crippen molar-refractivity contribution in [3.8, 4) is 5.75 Å². The lowest BCUT2D eigenvalue weighted by Crippen LogP contribution is -2.48. The third-order valence-electron chi connectivity index (χ3n) is 5.76. The van der Waals surface area contributed by atoms with Crippen molar-refractivity contribution in [3.63, 3.8) is 0 Å². The van der Waals surface area contributed by atoms with Crippen LogP contribution in [0.25, 0.3) is 0 Å². The van der Waals surface area contributed by atoms with Gasteiger partial charge in [-0.25, -0.2) is 0 Å². The number of methoxy groups -OCH3 is 1. The molecule has 0 unspecified atom stereocenters. The van der Waals surface area contributed by atoms with E-state index in [0.29, 0.717) is 32.4 Å². The van der Waals surface area contributed by atoms with Crippen LogP contribution in [0.2, 0.25) is 0 Å². The maximum absolute atomic E-state index is 12.7. The van der Waals surface area contributed by atoms with E-state index in [1.807, 2.05) is 46.7 Å².